The largest absolute Gasteiger partial charge is 0.466 e. The molecule has 28 heavy (non-hydrogen) atoms. The van der Waals surface area contributed by atoms with Crippen LogP contribution in [-0.2, 0) is 19.0 Å². The summed E-state index contributed by atoms with van der Waals surface area (Å²) in [6.45, 7) is 8.64. The Morgan fingerprint density at radius 3 is 2.71 bits per heavy atom. The second-order valence-electron chi connectivity index (χ2n) is 8.28. The highest BCUT2D eigenvalue weighted by atomic mass is 16.7. The first-order chi connectivity index (χ1) is 13.5. The van der Waals surface area contributed by atoms with Crippen LogP contribution in [0, 0.1) is 11.3 Å². The molecule has 2 saturated heterocycles. The summed E-state index contributed by atoms with van der Waals surface area (Å²) in [6.07, 6.45) is 0.504. The first kappa shape index (κ1) is 19.5. The molecule has 0 amide bonds. The molecule has 0 bridgehead atoms. The molecule has 154 valence electrons. The van der Waals surface area contributed by atoms with Gasteiger partial charge in [-0.3, -0.25) is 4.79 Å². The van der Waals surface area contributed by atoms with Crippen molar-refractivity contribution >= 4 is 5.97 Å². The molecule has 3 heterocycles. The van der Waals surface area contributed by atoms with Crippen LogP contribution < -0.4 is 14.8 Å². The lowest BCUT2D eigenvalue weighted by Crippen LogP contribution is -2.41. The van der Waals surface area contributed by atoms with E-state index >= 15 is 0 Å². The fourth-order valence-corrected chi connectivity index (χ4v) is 4.52. The fraction of sp³-hybridized carbons (Fsp3) is 0.667. The van der Waals surface area contributed by atoms with Gasteiger partial charge in [0.25, 0.3) is 0 Å². The van der Waals surface area contributed by atoms with Crippen molar-refractivity contribution < 1.29 is 28.5 Å². The number of nitrogens with one attached hydrogen (secondary N) is 1. The molecule has 7 nitrogen and oxygen atoms in total. The third-order valence-electron chi connectivity index (χ3n) is 5.86. The van der Waals surface area contributed by atoms with Gasteiger partial charge >= 0.3 is 5.97 Å². The van der Waals surface area contributed by atoms with Crippen molar-refractivity contribution in [2.75, 3.05) is 33.2 Å². The monoisotopic (exact) mass is 391 g/mol. The van der Waals surface area contributed by atoms with Crippen molar-refractivity contribution in [2.45, 2.75) is 45.4 Å². The Hall–Kier alpha value is -1.83. The Morgan fingerprint density at radius 2 is 1.96 bits per heavy atom. The maximum atomic E-state index is 12.9. The molecule has 3 aliphatic heterocycles. The third kappa shape index (κ3) is 3.71. The van der Waals surface area contributed by atoms with E-state index in [4.69, 9.17) is 23.7 Å². The van der Waals surface area contributed by atoms with E-state index < -0.39 is 0 Å². The van der Waals surface area contributed by atoms with Gasteiger partial charge < -0.3 is 29.0 Å². The summed E-state index contributed by atoms with van der Waals surface area (Å²) in [4.78, 5) is 12.9. The zero-order chi connectivity index (χ0) is 19.7. The van der Waals surface area contributed by atoms with Gasteiger partial charge in [-0.2, -0.15) is 0 Å². The summed E-state index contributed by atoms with van der Waals surface area (Å²) in [5, 5.41) is 3.56. The summed E-state index contributed by atoms with van der Waals surface area (Å²) < 4.78 is 27.9. The van der Waals surface area contributed by atoms with E-state index in [9.17, 15) is 4.79 Å². The van der Waals surface area contributed by atoms with E-state index in [1.54, 1.807) is 0 Å². The number of hydrogen-bond donors (Lipinski definition) is 1. The smallest absolute Gasteiger partial charge is 0.311 e. The molecular formula is C21H29NO6. The summed E-state index contributed by atoms with van der Waals surface area (Å²) >= 11 is 0. The van der Waals surface area contributed by atoms with Gasteiger partial charge in [0.1, 0.15) is 0 Å². The highest BCUT2D eigenvalue weighted by molar-refractivity contribution is 5.75. The van der Waals surface area contributed by atoms with Crippen LogP contribution in [0.15, 0.2) is 18.2 Å². The molecule has 1 aromatic rings. The van der Waals surface area contributed by atoms with Crippen LogP contribution in [0.1, 0.15) is 38.7 Å². The third-order valence-corrected chi connectivity index (χ3v) is 5.86. The molecule has 1 N–H and O–H groups in total. The number of carbonyl (C=O) groups is 1. The zero-order valence-corrected chi connectivity index (χ0v) is 16.7. The van der Waals surface area contributed by atoms with Gasteiger partial charge in [-0.25, -0.2) is 0 Å². The summed E-state index contributed by atoms with van der Waals surface area (Å²) in [5.74, 6) is 1.05. The lowest BCUT2D eigenvalue weighted by molar-refractivity contribution is -0.151. The summed E-state index contributed by atoms with van der Waals surface area (Å²) in [7, 11) is 0. The van der Waals surface area contributed by atoms with Crippen molar-refractivity contribution in [1.82, 2.24) is 5.32 Å². The predicted molar refractivity (Wildman–Crippen MR) is 101 cm³/mol. The standard InChI is InChI=1S/C21H29NO6/c1-4-24-19(23)18-14(13-5-6-16-17(9-13)28-12-27-16)11-22-15(18)10-21(2,3)20-25-7-8-26-20/h5-6,9,14-15,18,20,22H,4,7-8,10-12H2,1-3H3/t14-,15+,18-/m1/s1. The molecule has 0 spiro atoms. The molecule has 7 heteroatoms. The Morgan fingerprint density at radius 1 is 1.21 bits per heavy atom. The maximum Gasteiger partial charge on any atom is 0.311 e. The van der Waals surface area contributed by atoms with E-state index in [0.29, 0.717) is 26.4 Å². The number of carbonyl (C=O) groups excluding carboxylic acids is 1. The SMILES string of the molecule is CCOC(=O)[C@H]1[C@H](CC(C)(C)C2OCCO2)NC[C@@H]1c1ccc2c(c1)OCO2. The van der Waals surface area contributed by atoms with Crippen LogP contribution in [0.2, 0.25) is 0 Å². The average molecular weight is 391 g/mol. The van der Waals surface area contributed by atoms with Crippen LogP contribution in [0.3, 0.4) is 0 Å². The molecule has 0 radical (unpaired) electrons. The second kappa shape index (κ2) is 7.89. The van der Waals surface area contributed by atoms with Gasteiger partial charge in [0.2, 0.25) is 6.79 Å². The quantitative estimate of drug-likeness (QED) is 0.747. The number of benzene rings is 1. The minimum absolute atomic E-state index is 0.0137. The minimum atomic E-state index is -0.277. The molecule has 0 aromatic heterocycles. The fourth-order valence-electron chi connectivity index (χ4n) is 4.52. The number of esters is 1. The van der Waals surface area contributed by atoms with E-state index in [0.717, 1.165) is 23.5 Å². The number of hydrogen-bond acceptors (Lipinski definition) is 7. The van der Waals surface area contributed by atoms with Crippen LogP contribution in [-0.4, -0.2) is 51.5 Å². The maximum absolute atomic E-state index is 12.9. The van der Waals surface area contributed by atoms with Gasteiger partial charge in [0, 0.05) is 23.9 Å². The predicted octanol–water partition coefficient (Wildman–Crippen LogP) is 2.44. The van der Waals surface area contributed by atoms with Crippen molar-refractivity contribution in [3.8, 4) is 11.5 Å². The molecule has 0 saturated carbocycles. The van der Waals surface area contributed by atoms with E-state index in [-0.39, 0.29) is 42.3 Å². The van der Waals surface area contributed by atoms with Crippen LogP contribution in [0.25, 0.3) is 0 Å². The van der Waals surface area contributed by atoms with E-state index in [2.05, 4.69) is 19.2 Å². The highest BCUT2D eigenvalue weighted by Crippen LogP contribution is 2.43. The van der Waals surface area contributed by atoms with E-state index in [1.165, 1.54) is 0 Å². The second-order valence-corrected chi connectivity index (χ2v) is 8.28. The molecule has 0 aliphatic carbocycles. The van der Waals surface area contributed by atoms with Crippen molar-refractivity contribution in [1.29, 1.82) is 0 Å². The Balaban J connectivity index is 1.56. The Kier molecular flexibility index (Phi) is 5.49. The van der Waals surface area contributed by atoms with Crippen molar-refractivity contribution in [3.63, 3.8) is 0 Å². The summed E-state index contributed by atoms with van der Waals surface area (Å²) in [6, 6.07) is 5.90. The minimum Gasteiger partial charge on any atom is -0.466 e. The van der Waals surface area contributed by atoms with Gasteiger partial charge in [0.05, 0.1) is 25.7 Å². The number of ether oxygens (including phenoxy) is 5. The molecule has 2 fully saturated rings. The highest BCUT2D eigenvalue weighted by Gasteiger charge is 2.47. The molecule has 3 aliphatic rings. The normalized spacial score (nSPS) is 27.3. The van der Waals surface area contributed by atoms with Gasteiger partial charge in [0.15, 0.2) is 17.8 Å². The molecule has 1 aromatic carbocycles. The lowest BCUT2D eigenvalue weighted by atomic mass is 9.77. The summed E-state index contributed by atoms with van der Waals surface area (Å²) in [5.41, 5.74) is 0.839. The zero-order valence-electron chi connectivity index (χ0n) is 16.7. The Labute approximate surface area is 165 Å². The van der Waals surface area contributed by atoms with Crippen molar-refractivity contribution in [2.24, 2.45) is 11.3 Å². The number of fused-ring (bicyclic) bond motifs is 1. The van der Waals surface area contributed by atoms with Gasteiger partial charge in [-0.15, -0.1) is 0 Å². The van der Waals surface area contributed by atoms with Crippen molar-refractivity contribution in [3.05, 3.63) is 23.8 Å². The number of rotatable bonds is 6. The Bertz CT molecular complexity index is 715. The topological polar surface area (TPSA) is 75.3 Å². The molecule has 3 atom stereocenters. The van der Waals surface area contributed by atoms with E-state index in [1.807, 2.05) is 25.1 Å². The average Bonchev–Trinajstić information content (AvgIpc) is 3.41. The van der Waals surface area contributed by atoms with Crippen LogP contribution in [0.5, 0.6) is 11.5 Å². The first-order valence-corrected chi connectivity index (χ1v) is 10.0. The lowest BCUT2D eigenvalue weighted by Gasteiger charge is -2.34. The molecule has 4 rings (SSSR count). The van der Waals surface area contributed by atoms with Gasteiger partial charge in [-0.05, 0) is 31.0 Å². The van der Waals surface area contributed by atoms with Crippen LogP contribution >= 0.6 is 0 Å². The van der Waals surface area contributed by atoms with Crippen LogP contribution in [0.4, 0.5) is 0 Å². The first-order valence-electron chi connectivity index (χ1n) is 10.0. The molecular weight excluding hydrogens is 362 g/mol. The van der Waals surface area contributed by atoms with Gasteiger partial charge in [-0.1, -0.05) is 19.9 Å². The molecule has 0 unspecified atom stereocenters.